The van der Waals surface area contributed by atoms with Crippen LogP contribution in [0.3, 0.4) is 0 Å². The predicted octanol–water partition coefficient (Wildman–Crippen LogP) is -0.847. The number of tetrazole rings is 1. The first kappa shape index (κ1) is 8.79. The molecule has 2 heterocycles. The van der Waals surface area contributed by atoms with Gasteiger partial charge in [0.1, 0.15) is 6.33 Å². The zero-order chi connectivity index (χ0) is 9.97. The normalized spacial score (nSPS) is 21.3. The van der Waals surface area contributed by atoms with Crippen LogP contribution in [0.2, 0.25) is 0 Å². The van der Waals surface area contributed by atoms with E-state index in [0.717, 1.165) is 0 Å². The molecule has 7 heteroatoms. The number of hydrogen-bond acceptors (Lipinski definition) is 6. The van der Waals surface area contributed by atoms with Crippen molar-refractivity contribution in [3.8, 4) is 0 Å². The van der Waals surface area contributed by atoms with Gasteiger partial charge in [0.05, 0.1) is 12.3 Å². The monoisotopic (exact) mass is 196 g/mol. The number of carbonyl (C=O) groups excluding carboxylic acids is 2. The summed E-state index contributed by atoms with van der Waals surface area (Å²) in [7, 11) is 0. The van der Waals surface area contributed by atoms with Gasteiger partial charge in [-0.05, 0) is 16.8 Å². The maximum atomic E-state index is 11.0. The van der Waals surface area contributed by atoms with Crippen LogP contribution in [0, 0.1) is 5.92 Å². The topological polar surface area (TPSA) is 87.0 Å². The molecule has 0 aromatic carbocycles. The van der Waals surface area contributed by atoms with E-state index in [4.69, 9.17) is 0 Å². The third-order valence-electron chi connectivity index (χ3n) is 2.06. The number of carbonyl (C=O) groups is 2. The van der Waals surface area contributed by atoms with E-state index in [-0.39, 0.29) is 12.3 Å². The number of aromatic nitrogens is 4. The third-order valence-corrected chi connectivity index (χ3v) is 2.06. The molecule has 1 saturated heterocycles. The summed E-state index contributed by atoms with van der Waals surface area (Å²) in [6.45, 7) is 0.514. The van der Waals surface area contributed by atoms with Crippen LogP contribution in [-0.2, 0) is 20.9 Å². The van der Waals surface area contributed by atoms with Crippen LogP contribution >= 0.6 is 0 Å². The van der Waals surface area contributed by atoms with Gasteiger partial charge >= 0.3 is 11.9 Å². The second-order valence-corrected chi connectivity index (χ2v) is 3.06. The Balaban J connectivity index is 1.87. The smallest absolute Gasteiger partial charge is 0.317 e. The van der Waals surface area contributed by atoms with Gasteiger partial charge in [-0.1, -0.05) is 0 Å². The third kappa shape index (κ3) is 1.76. The summed E-state index contributed by atoms with van der Waals surface area (Å²) >= 11 is 0. The van der Waals surface area contributed by atoms with E-state index in [1.165, 1.54) is 11.0 Å². The maximum absolute atomic E-state index is 11.0. The summed E-state index contributed by atoms with van der Waals surface area (Å²) in [6.07, 6.45) is 2.15. The molecule has 1 unspecified atom stereocenters. The molecule has 0 aliphatic carbocycles. The van der Waals surface area contributed by atoms with E-state index < -0.39 is 11.9 Å². The summed E-state index contributed by atoms with van der Waals surface area (Å²) in [6, 6.07) is 0. The Bertz CT molecular complexity index is 348. The SMILES string of the molecule is O=C1CC(CCn2cnnn2)C(=O)O1. The van der Waals surface area contributed by atoms with Crippen LogP contribution in [0.25, 0.3) is 0 Å². The van der Waals surface area contributed by atoms with Crippen LogP contribution in [0.4, 0.5) is 0 Å². The average Bonchev–Trinajstić information content (AvgIpc) is 2.72. The minimum Gasteiger partial charge on any atom is -0.393 e. The highest BCUT2D eigenvalue weighted by Crippen LogP contribution is 2.19. The van der Waals surface area contributed by atoms with Crippen molar-refractivity contribution in [2.24, 2.45) is 5.92 Å². The first-order chi connectivity index (χ1) is 6.75. The standard InChI is InChI=1S/C7H8N4O3/c12-6-3-5(7(13)14-6)1-2-11-4-8-9-10-11/h4-5H,1-3H2. The molecular formula is C7H8N4O3. The first-order valence-corrected chi connectivity index (χ1v) is 4.21. The van der Waals surface area contributed by atoms with Crippen molar-refractivity contribution in [1.82, 2.24) is 20.2 Å². The molecule has 0 radical (unpaired) electrons. The number of esters is 2. The Morgan fingerprint density at radius 2 is 2.43 bits per heavy atom. The minimum absolute atomic E-state index is 0.168. The average molecular weight is 196 g/mol. The van der Waals surface area contributed by atoms with E-state index in [2.05, 4.69) is 20.3 Å². The van der Waals surface area contributed by atoms with Gasteiger partial charge in [-0.2, -0.15) is 0 Å². The Kier molecular flexibility index (Phi) is 2.21. The van der Waals surface area contributed by atoms with Gasteiger partial charge in [-0.3, -0.25) is 9.59 Å². The van der Waals surface area contributed by atoms with Gasteiger partial charge in [-0.15, -0.1) is 5.10 Å². The quantitative estimate of drug-likeness (QED) is 0.462. The maximum Gasteiger partial charge on any atom is 0.317 e. The Hall–Kier alpha value is -1.79. The molecule has 1 fully saturated rings. The van der Waals surface area contributed by atoms with E-state index in [1.54, 1.807) is 0 Å². The van der Waals surface area contributed by atoms with Crippen molar-refractivity contribution in [2.75, 3.05) is 0 Å². The van der Waals surface area contributed by atoms with Crippen LogP contribution in [0.5, 0.6) is 0 Å². The molecule has 0 spiro atoms. The summed E-state index contributed by atoms with van der Waals surface area (Å²) in [5, 5.41) is 10.5. The zero-order valence-electron chi connectivity index (χ0n) is 7.29. The Morgan fingerprint density at radius 3 is 3.00 bits per heavy atom. The van der Waals surface area contributed by atoms with Crippen molar-refractivity contribution in [3.63, 3.8) is 0 Å². The Morgan fingerprint density at radius 1 is 1.57 bits per heavy atom. The molecule has 1 aromatic rings. The molecule has 0 saturated carbocycles. The second kappa shape index (κ2) is 3.52. The lowest BCUT2D eigenvalue weighted by molar-refractivity contribution is -0.153. The highest BCUT2D eigenvalue weighted by molar-refractivity contribution is 5.94. The molecule has 1 aliphatic rings. The second-order valence-electron chi connectivity index (χ2n) is 3.06. The fourth-order valence-electron chi connectivity index (χ4n) is 1.31. The van der Waals surface area contributed by atoms with Crippen molar-refractivity contribution in [3.05, 3.63) is 6.33 Å². The highest BCUT2D eigenvalue weighted by atomic mass is 16.6. The number of hydrogen-bond donors (Lipinski definition) is 0. The number of nitrogens with zero attached hydrogens (tertiary/aromatic N) is 4. The van der Waals surface area contributed by atoms with Gasteiger partial charge in [0.2, 0.25) is 0 Å². The lowest BCUT2D eigenvalue weighted by Crippen LogP contribution is -2.11. The predicted molar refractivity (Wildman–Crippen MR) is 41.6 cm³/mol. The lowest BCUT2D eigenvalue weighted by Gasteiger charge is -2.02. The molecule has 0 N–H and O–H groups in total. The van der Waals surface area contributed by atoms with Gasteiger partial charge < -0.3 is 4.74 Å². The van der Waals surface area contributed by atoms with Crippen molar-refractivity contribution in [2.45, 2.75) is 19.4 Å². The zero-order valence-corrected chi connectivity index (χ0v) is 7.29. The van der Waals surface area contributed by atoms with Crippen molar-refractivity contribution < 1.29 is 14.3 Å². The molecule has 2 rings (SSSR count). The van der Waals surface area contributed by atoms with E-state index in [0.29, 0.717) is 13.0 Å². The molecule has 0 amide bonds. The fraction of sp³-hybridized carbons (Fsp3) is 0.571. The fourth-order valence-corrected chi connectivity index (χ4v) is 1.31. The van der Waals surface area contributed by atoms with Crippen molar-refractivity contribution in [1.29, 1.82) is 0 Å². The highest BCUT2D eigenvalue weighted by Gasteiger charge is 2.32. The number of ether oxygens (including phenoxy) is 1. The molecule has 1 atom stereocenters. The largest absolute Gasteiger partial charge is 0.393 e. The molecule has 14 heavy (non-hydrogen) atoms. The molecule has 74 valence electrons. The number of aryl methyl sites for hydroxylation is 1. The summed E-state index contributed by atoms with van der Waals surface area (Å²) in [4.78, 5) is 21.8. The van der Waals surface area contributed by atoms with Gasteiger partial charge in [-0.25, -0.2) is 4.68 Å². The van der Waals surface area contributed by atoms with Crippen molar-refractivity contribution >= 4 is 11.9 Å². The van der Waals surface area contributed by atoms with E-state index in [1.807, 2.05) is 0 Å². The summed E-state index contributed by atoms with van der Waals surface area (Å²) in [5.74, 6) is -1.23. The van der Waals surface area contributed by atoms with Gasteiger partial charge in [0, 0.05) is 6.54 Å². The van der Waals surface area contributed by atoms with Crippen LogP contribution in [0.15, 0.2) is 6.33 Å². The van der Waals surface area contributed by atoms with E-state index in [9.17, 15) is 9.59 Å². The number of rotatable bonds is 3. The molecule has 7 nitrogen and oxygen atoms in total. The molecule has 0 bridgehead atoms. The van der Waals surface area contributed by atoms with Crippen LogP contribution in [-0.4, -0.2) is 32.1 Å². The molecule has 1 aliphatic heterocycles. The number of cyclic esters (lactones) is 2. The summed E-state index contributed by atoms with van der Waals surface area (Å²) in [5.41, 5.74) is 0. The summed E-state index contributed by atoms with van der Waals surface area (Å²) < 4.78 is 5.91. The van der Waals surface area contributed by atoms with Gasteiger partial charge in [0.25, 0.3) is 0 Å². The van der Waals surface area contributed by atoms with Crippen LogP contribution in [0.1, 0.15) is 12.8 Å². The van der Waals surface area contributed by atoms with Gasteiger partial charge in [0.15, 0.2) is 0 Å². The Labute approximate surface area is 79.0 Å². The van der Waals surface area contributed by atoms with Crippen LogP contribution < -0.4 is 0 Å². The minimum atomic E-state index is -0.447. The van der Waals surface area contributed by atoms with E-state index >= 15 is 0 Å². The molecular weight excluding hydrogens is 188 g/mol. The molecule has 1 aromatic heterocycles. The first-order valence-electron chi connectivity index (χ1n) is 4.21. The lowest BCUT2D eigenvalue weighted by atomic mass is 10.0.